The topological polar surface area (TPSA) is 137 Å². The van der Waals surface area contributed by atoms with Gasteiger partial charge in [0.15, 0.2) is 10.9 Å². The van der Waals surface area contributed by atoms with Crippen molar-refractivity contribution in [1.29, 1.82) is 0 Å². The third-order valence-corrected chi connectivity index (χ3v) is 3.41. The van der Waals surface area contributed by atoms with Crippen molar-refractivity contribution in [2.75, 3.05) is 0 Å². The Morgan fingerprint density at radius 3 is 3.06 bits per heavy atom. The number of nitro groups is 1. The second-order valence-electron chi connectivity index (χ2n) is 2.82. The normalized spacial score (nSPS) is 10.4. The highest BCUT2D eigenvalue weighted by atomic mass is 32.2. The molecule has 10 nitrogen and oxygen atoms in total. The second-order valence-corrected chi connectivity index (χ2v) is 5.04. The van der Waals surface area contributed by atoms with Crippen molar-refractivity contribution in [3.63, 3.8) is 0 Å². The van der Waals surface area contributed by atoms with Gasteiger partial charge in [0.2, 0.25) is 5.16 Å². The Balaban J connectivity index is 2.06. The molecule has 0 aromatic carbocycles. The van der Waals surface area contributed by atoms with E-state index in [1.807, 2.05) is 0 Å². The van der Waals surface area contributed by atoms with E-state index in [0.717, 1.165) is 34.1 Å². The maximum atomic E-state index is 10.4. The predicted molar refractivity (Wildman–Crippen MR) is 58.3 cm³/mol. The molecule has 94 valence electrons. The standard InChI is InChI=1S/C6H4N6O4S2/c13-4(14)2-11-9-5(8-10-11)18-6-7-1-3(17-6)12(15)16/h1H,2H2,(H,13,14). The van der Waals surface area contributed by atoms with Crippen LogP contribution in [0.25, 0.3) is 0 Å². The number of hydrogen-bond donors (Lipinski definition) is 1. The van der Waals surface area contributed by atoms with Crippen molar-refractivity contribution < 1.29 is 14.8 Å². The highest BCUT2D eigenvalue weighted by molar-refractivity contribution is 8.00. The van der Waals surface area contributed by atoms with Gasteiger partial charge in [0, 0.05) is 0 Å². The predicted octanol–water partition coefficient (Wildman–Crippen LogP) is 0.274. The Kier molecular flexibility index (Phi) is 3.47. The number of tetrazole rings is 1. The molecule has 0 radical (unpaired) electrons. The van der Waals surface area contributed by atoms with Crippen LogP contribution < -0.4 is 0 Å². The molecule has 0 bridgehead atoms. The highest BCUT2D eigenvalue weighted by Gasteiger charge is 2.15. The number of thiazole rings is 1. The average molecular weight is 288 g/mol. The van der Waals surface area contributed by atoms with Gasteiger partial charge in [-0.05, 0) is 28.3 Å². The summed E-state index contributed by atoms with van der Waals surface area (Å²) >= 11 is 1.86. The lowest BCUT2D eigenvalue weighted by molar-refractivity contribution is -0.380. The molecule has 2 aromatic rings. The van der Waals surface area contributed by atoms with E-state index in [-0.39, 0.29) is 10.2 Å². The zero-order valence-corrected chi connectivity index (χ0v) is 10.1. The summed E-state index contributed by atoms with van der Waals surface area (Å²) in [6.45, 7) is -0.397. The molecule has 0 spiro atoms. The van der Waals surface area contributed by atoms with Crippen LogP contribution in [0.15, 0.2) is 15.7 Å². The lowest BCUT2D eigenvalue weighted by Gasteiger charge is -1.89. The number of aliphatic carboxylic acids is 1. The quantitative estimate of drug-likeness (QED) is 0.607. The van der Waals surface area contributed by atoms with Crippen LogP contribution in [-0.2, 0) is 11.3 Å². The molecule has 0 saturated heterocycles. The first kappa shape index (κ1) is 12.4. The Hall–Kier alpha value is -2.08. The first-order valence-corrected chi connectivity index (χ1v) is 5.95. The van der Waals surface area contributed by atoms with Gasteiger partial charge >= 0.3 is 11.0 Å². The molecule has 2 rings (SSSR count). The molecule has 0 aliphatic carbocycles. The number of nitrogens with zero attached hydrogens (tertiary/aromatic N) is 6. The Morgan fingerprint density at radius 2 is 2.44 bits per heavy atom. The van der Waals surface area contributed by atoms with Gasteiger partial charge in [-0.2, -0.15) is 4.80 Å². The maximum absolute atomic E-state index is 10.4. The minimum absolute atomic E-state index is 0.0876. The van der Waals surface area contributed by atoms with E-state index >= 15 is 0 Å². The van der Waals surface area contributed by atoms with Gasteiger partial charge in [-0.25, -0.2) is 4.98 Å². The van der Waals surface area contributed by atoms with Crippen molar-refractivity contribution in [3.05, 3.63) is 16.3 Å². The Labute approximate surface area is 107 Å². The largest absolute Gasteiger partial charge is 0.480 e. The summed E-state index contributed by atoms with van der Waals surface area (Å²) in [5.74, 6) is -1.09. The van der Waals surface area contributed by atoms with E-state index in [1.54, 1.807) is 0 Å². The minimum Gasteiger partial charge on any atom is -0.480 e. The number of carboxylic acid groups (broad SMARTS) is 1. The fourth-order valence-electron chi connectivity index (χ4n) is 0.917. The second kappa shape index (κ2) is 5.05. The molecule has 0 aliphatic rings. The lowest BCUT2D eigenvalue weighted by Crippen LogP contribution is -2.11. The molecule has 0 atom stereocenters. The Bertz CT molecular complexity index is 594. The van der Waals surface area contributed by atoms with Gasteiger partial charge in [-0.15, -0.1) is 10.2 Å². The summed E-state index contributed by atoms with van der Waals surface area (Å²) in [4.78, 5) is 25.0. The molecule has 0 amide bonds. The molecule has 1 N–H and O–H groups in total. The van der Waals surface area contributed by atoms with Crippen molar-refractivity contribution in [1.82, 2.24) is 25.2 Å². The first-order chi connectivity index (χ1) is 8.54. The molecule has 0 unspecified atom stereocenters. The van der Waals surface area contributed by atoms with Crippen LogP contribution in [0.5, 0.6) is 0 Å². The van der Waals surface area contributed by atoms with E-state index in [0.29, 0.717) is 4.34 Å². The molecule has 0 fully saturated rings. The van der Waals surface area contributed by atoms with Gasteiger partial charge in [-0.1, -0.05) is 0 Å². The molecular weight excluding hydrogens is 284 g/mol. The van der Waals surface area contributed by atoms with Crippen LogP contribution >= 0.6 is 23.1 Å². The maximum Gasteiger partial charge on any atom is 0.344 e. The zero-order valence-electron chi connectivity index (χ0n) is 8.46. The highest BCUT2D eigenvalue weighted by Crippen LogP contribution is 2.31. The summed E-state index contributed by atoms with van der Waals surface area (Å²) in [6, 6.07) is 0. The van der Waals surface area contributed by atoms with E-state index < -0.39 is 17.4 Å². The summed E-state index contributed by atoms with van der Waals surface area (Å²) in [6.07, 6.45) is 1.13. The molecule has 2 aromatic heterocycles. The fourth-order valence-corrected chi connectivity index (χ4v) is 2.50. The van der Waals surface area contributed by atoms with Crippen LogP contribution in [0.1, 0.15) is 0 Å². The summed E-state index contributed by atoms with van der Waals surface area (Å²) in [5.41, 5.74) is 0. The molecule has 18 heavy (non-hydrogen) atoms. The van der Waals surface area contributed by atoms with Crippen molar-refractivity contribution in [2.24, 2.45) is 0 Å². The van der Waals surface area contributed by atoms with Gasteiger partial charge in [0.25, 0.3) is 0 Å². The minimum atomic E-state index is -1.09. The van der Waals surface area contributed by atoms with Crippen molar-refractivity contribution in [2.45, 2.75) is 16.0 Å². The van der Waals surface area contributed by atoms with Crippen LogP contribution in [-0.4, -0.2) is 41.2 Å². The third kappa shape index (κ3) is 2.98. The van der Waals surface area contributed by atoms with E-state index in [4.69, 9.17) is 5.11 Å². The van der Waals surface area contributed by atoms with Gasteiger partial charge in [0.05, 0.1) is 4.92 Å². The van der Waals surface area contributed by atoms with Gasteiger partial charge in [-0.3, -0.25) is 14.9 Å². The molecule has 2 heterocycles. The van der Waals surface area contributed by atoms with Crippen LogP contribution in [0.2, 0.25) is 0 Å². The van der Waals surface area contributed by atoms with E-state index in [2.05, 4.69) is 20.4 Å². The Morgan fingerprint density at radius 1 is 1.67 bits per heavy atom. The van der Waals surface area contributed by atoms with Crippen LogP contribution in [0.4, 0.5) is 5.00 Å². The summed E-state index contributed by atoms with van der Waals surface area (Å²) in [7, 11) is 0. The van der Waals surface area contributed by atoms with E-state index in [1.165, 1.54) is 0 Å². The molecule has 0 saturated carbocycles. The number of carbonyl (C=O) groups is 1. The van der Waals surface area contributed by atoms with Crippen LogP contribution in [0.3, 0.4) is 0 Å². The molecule has 12 heteroatoms. The van der Waals surface area contributed by atoms with Gasteiger partial charge < -0.3 is 5.11 Å². The smallest absolute Gasteiger partial charge is 0.344 e. The molecular formula is C6H4N6O4S2. The SMILES string of the molecule is O=C(O)Cn1nnc(Sc2ncc([N+](=O)[O-])s2)n1. The summed E-state index contributed by atoms with van der Waals surface area (Å²) < 4.78 is 0.386. The number of hydrogen-bond acceptors (Lipinski definition) is 9. The van der Waals surface area contributed by atoms with Crippen molar-refractivity contribution in [3.8, 4) is 0 Å². The fraction of sp³-hybridized carbons (Fsp3) is 0.167. The number of carboxylic acids is 1. The number of aromatic nitrogens is 5. The van der Waals surface area contributed by atoms with Crippen molar-refractivity contribution >= 4 is 34.1 Å². The number of rotatable bonds is 5. The van der Waals surface area contributed by atoms with Gasteiger partial charge in [0.1, 0.15) is 6.20 Å². The summed E-state index contributed by atoms with van der Waals surface area (Å²) in [5, 5.41) is 29.9. The zero-order chi connectivity index (χ0) is 13.1. The average Bonchev–Trinajstić information content (AvgIpc) is 2.88. The van der Waals surface area contributed by atoms with Crippen LogP contribution in [0, 0.1) is 10.1 Å². The third-order valence-electron chi connectivity index (χ3n) is 1.54. The van der Waals surface area contributed by atoms with E-state index in [9.17, 15) is 14.9 Å². The molecule has 0 aliphatic heterocycles. The first-order valence-electron chi connectivity index (χ1n) is 4.32. The lowest BCUT2D eigenvalue weighted by atomic mass is 10.7. The monoisotopic (exact) mass is 288 g/mol.